The number of methoxy groups -OCH3 is 1. The molecule has 1 unspecified atom stereocenters. The third kappa shape index (κ3) is 4.17. The highest BCUT2D eigenvalue weighted by Gasteiger charge is 2.42. The highest BCUT2D eigenvalue weighted by atomic mass is 16.5. The molecular formula is C21H30BNO2. The summed E-state index contributed by atoms with van der Waals surface area (Å²) in [5.41, 5.74) is 2.82. The summed E-state index contributed by atoms with van der Waals surface area (Å²) >= 11 is 0. The number of Topliss-reactive ketones (excluding diaryl/α,β-unsaturated/α-hetero) is 1. The smallest absolute Gasteiger partial charge is 0.133 e. The van der Waals surface area contributed by atoms with Crippen LogP contribution in [-0.2, 0) is 16.6 Å². The monoisotopic (exact) mass is 339 g/mol. The molecule has 1 aliphatic carbocycles. The van der Waals surface area contributed by atoms with Crippen LogP contribution >= 0.6 is 0 Å². The van der Waals surface area contributed by atoms with Crippen LogP contribution < -0.4 is 15.5 Å². The molecule has 2 radical (unpaired) electrons. The van der Waals surface area contributed by atoms with Crippen molar-refractivity contribution in [2.45, 2.75) is 63.8 Å². The van der Waals surface area contributed by atoms with Gasteiger partial charge in [0.05, 0.1) is 7.11 Å². The molecule has 25 heavy (non-hydrogen) atoms. The molecule has 0 fully saturated rings. The molecule has 2 atom stereocenters. The molecule has 0 saturated heterocycles. The largest absolute Gasteiger partial charge is 0.497 e. The second kappa shape index (κ2) is 8.71. The highest BCUT2D eigenvalue weighted by molar-refractivity contribution is 6.34. The Balaban J connectivity index is 2.52. The van der Waals surface area contributed by atoms with Crippen molar-refractivity contribution >= 4 is 19.1 Å². The molecule has 0 aromatic heterocycles. The Morgan fingerprint density at radius 1 is 1.48 bits per heavy atom. The zero-order chi connectivity index (χ0) is 18.4. The van der Waals surface area contributed by atoms with Gasteiger partial charge in [-0.2, -0.15) is 0 Å². The number of hydrogen-bond donors (Lipinski definition) is 1. The summed E-state index contributed by atoms with van der Waals surface area (Å²) < 4.78 is 5.69. The van der Waals surface area contributed by atoms with Crippen molar-refractivity contribution in [2.75, 3.05) is 13.7 Å². The van der Waals surface area contributed by atoms with E-state index in [1.807, 2.05) is 12.1 Å². The van der Waals surface area contributed by atoms with E-state index < -0.39 is 0 Å². The predicted octanol–water partition coefficient (Wildman–Crippen LogP) is 2.99. The van der Waals surface area contributed by atoms with E-state index in [1.54, 1.807) is 7.11 Å². The first-order valence-corrected chi connectivity index (χ1v) is 9.33. The minimum Gasteiger partial charge on any atom is -0.497 e. The van der Waals surface area contributed by atoms with Gasteiger partial charge >= 0.3 is 0 Å². The topological polar surface area (TPSA) is 38.3 Å². The zero-order valence-corrected chi connectivity index (χ0v) is 15.9. The average Bonchev–Trinajstić information content (AvgIpc) is 2.60. The fourth-order valence-corrected chi connectivity index (χ4v) is 4.27. The molecule has 1 N–H and O–H groups in total. The van der Waals surface area contributed by atoms with Crippen molar-refractivity contribution in [3.8, 4) is 5.75 Å². The summed E-state index contributed by atoms with van der Waals surface area (Å²) in [5, 5.41) is 3.56. The number of nitrogens with one attached hydrogen (secondary N) is 1. The maximum atomic E-state index is 12.6. The van der Waals surface area contributed by atoms with Gasteiger partial charge in [0, 0.05) is 36.4 Å². The molecule has 1 aromatic carbocycles. The summed E-state index contributed by atoms with van der Waals surface area (Å²) in [4.78, 5) is 12.6. The third-order valence-corrected chi connectivity index (χ3v) is 5.40. The van der Waals surface area contributed by atoms with E-state index in [0.717, 1.165) is 43.5 Å². The van der Waals surface area contributed by atoms with Crippen molar-refractivity contribution in [1.29, 1.82) is 0 Å². The molecule has 0 amide bonds. The van der Waals surface area contributed by atoms with Gasteiger partial charge in [-0.3, -0.25) is 4.79 Å². The first-order chi connectivity index (χ1) is 12.0. The Labute approximate surface area is 153 Å². The minimum absolute atomic E-state index is 0.223. The van der Waals surface area contributed by atoms with Crippen molar-refractivity contribution in [1.82, 2.24) is 5.32 Å². The van der Waals surface area contributed by atoms with Crippen LogP contribution in [0.15, 0.2) is 24.8 Å². The quantitative estimate of drug-likeness (QED) is 0.555. The number of rotatable bonds is 9. The summed E-state index contributed by atoms with van der Waals surface area (Å²) in [6.07, 6.45) is 6.68. The Bertz CT molecular complexity index is 629. The number of ketones is 1. The van der Waals surface area contributed by atoms with E-state index in [0.29, 0.717) is 30.1 Å². The zero-order valence-electron chi connectivity index (χ0n) is 15.9. The molecule has 4 heteroatoms. The van der Waals surface area contributed by atoms with Crippen molar-refractivity contribution < 1.29 is 9.53 Å². The average molecular weight is 339 g/mol. The van der Waals surface area contributed by atoms with Gasteiger partial charge in [-0.15, -0.1) is 6.58 Å². The van der Waals surface area contributed by atoms with E-state index in [-0.39, 0.29) is 5.41 Å². The molecule has 3 nitrogen and oxygen atoms in total. The minimum atomic E-state index is -0.223. The first kappa shape index (κ1) is 19.8. The normalized spacial score (nSPS) is 22.3. The van der Waals surface area contributed by atoms with Gasteiger partial charge < -0.3 is 10.1 Å². The van der Waals surface area contributed by atoms with Crippen LogP contribution in [-0.4, -0.2) is 33.3 Å². The Morgan fingerprint density at radius 3 is 2.84 bits per heavy atom. The molecule has 134 valence electrons. The van der Waals surface area contributed by atoms with E-state index in [9.17, 15) is 4.79 Å². The van der Waals surface area contributed by atoms with Gasteiger partial charge in [-0.05, 0) is 31.2 Å². The van der Waals surface area contributed by atoms with Crippen LogP contribution in [0.3, 0.4) is 0 Å². The standard InChI is InChI=1S/C21H30BNO2/c1-5-8-17(24)14-21(7-3)13-16(23-11-6-2)12-15-9-10-18(22)20(25-4)19(15)21/h6,9-10,16,23H,2,5,7-8,11-14H2,1,3-4H3/t16?,21-/m1/s1. The summed E-state index contributed by atoms with van der Waals surface area (Å²) in [7, 11) is 7.87. The maximum absolute atomic E-state index is 12.6. The predicted molar refractivity (Wildman–Crippen MR) is 105 cm³/mol. The van der Waals surface area contributed by atoms with Crippen LogP contribution in [0.2, 0.25) is 0 Å². The van der Waals surface area contributed by atoms with E-state index >= 15 is 0 Å². The SMILES string of the molecule is [B]c1ccc2c(c1OC)[C@@](CC)(CC(=O)CCC)CC(NCC=C)C2. The molecule has 1 aliphatic rings. The summed E-state index contributed by atoms with van der Waals surface area (Å²) in [5.74, 6) is 1.08. The molecular weight excluding hydrogens is 309 g/mol. The van der Waals surface area contributed by atoms with Gasteiger partial charge in [0.25, 0.3) is 0 Å². The Hall–Kier alpha value is -1.55. The van der Waals surface area contributed by atoms with Gasteiger partial charge in [-0.25, -0.2) is 0 Å². The van der Waals surface area contributed by atoms with Crippen molar-refractivity contribution in [3.63, 3.8) is 0 Å². The lowest BCUT2D eigenvalue weighted by molar-refractivity contribution is -0.120. The van der Waals surface area contributed by atoms with E-state index in [1.165, 1.54) is 5.56 Å². The number of hydrogen-bond acceptors (Lipinski definition) is 3. The number of carbonyl (C=O) groups is 1. The highest BCUT2D eigenvalue weighted by Crippen LogP contribution is 2.46. The summed E-state index contributed by atoms with van der Waals surface area (Å²) in [6, 6.07) is 4.35. The molecule has 1 aromatic rings. The first-order valence-electron chi connectivity index (χ1n) is 9.33. The molecule has 0 spiro atoms. The summed E-state index contributed by atoms with van der Waals surface area (Å²) in [6.45, 7) is 8.80. The lowest BCUT2D eigenvalue weighted by atomic mass is 9.62. The van der Waals surface area contributed by atoms with Crippen LogP contribution in [0.25, 0.3) is 0 Å². The van der Waals surface area contributed by atoms with Crippen LogP contribution in [0.5, 0.6) is 5.75 Å². The second-order valence-electron chi connectivity index (χ2n) is 7.12. The van der Waals surface area contributed by atoms with Crippen LogP contribution in [0, 0.1) is 0 Å². The number of carbonyl (C=O) groups excluding carboxylic acids is 1. The van der Waals surface area contributed by atoms with Gasteiger partial charge in [0.1, 0.15) is 19.4 Å². The van der Waals surface area contributed by atoms with Gasteiger partial charge in [-0.1, -0.05) is 37.5 Å². The van der Waals surface area contributed by atoms with Crippen molar-refractivity contribution in [2.24, 2.45) is 0 Å². The fourth-order valence-electron chi connectivity index (χ4n) is 4.27. The molecule has 0 saturated carbocycles. The van der Waals surface area contributed by atoms with Gasteiger partial charge in [0.2, 0.25) is 0 Å². The second-order valence-corrected chi connectivity index (χ2v) is 7.12. The lowest BCUT2D eigenvalue weighted by Gasteiger charge is -2.43. The van der Waals surface area contributed by atoms with Crippen molar-refractivity contribution in [3.05, 3.63) is 35.9 Å². The number of fused-ring (bicyclic) bond motifs is 1. The Morgan fingerprint density at radius 2 is 2.24 bits per heavy atom. The number of benzene rings is 1. The fraction of sp³-hybridized carbons (Fsp3) is 0.571. The molecule has 0 bridgehead atoms. The van der Waals surface area contributed by atoms with Crippen LogP contribution in [0.4, 0.5) is 0 Å². The number of ether oxygens (including phenoxy) is 1. The lowest BCUT2D eigenvalue weighted by Crippen LogP contribution is -2.45. The Kier molecular flexibility index (Phi) is 6.89. The molecule has 0 heterocycles. The van der Waals surface area contributed by atoms with E-state index in [2.05, 4.69) is 31.8 Å². The molecule has 2 rings (SSSR count). The van der Waals surface area contributed by atoms with Crippen LogP contribution in [0.1, 0.15) is 57.1 Å². The third-order valence-electron chi connectivity index (χ3n) is 5.40. The van der Waals surface area contributed by atoms with Gasteiger partial charge in [0.15, 0.2) is 0 Å². The van der Waals surface area contributed by atoms with E-state index in [4.69, 9.17) is 12.6 Å². The maximum Gasteiger partial charge on any atom is 0.133 e. The molecule has 0 aliphatic heterocycles.